The molecule has 1 aliphatic carbocycles. The quantitative estimate of drug-likeness (QED) is 0.623. The fourth-order valence-electron chi connectivity index (χ4n) is 3.28. The SMILES string of the molecule is COc1ccc(C(=O)NCC(=O)NC2(C(=O)O)CCCCCC2)cc1OC. The molecule has 0 aromatic heterocycles. The van der Waals surface area contributed by atoms with Crippen LogP contribution in [0.1, 0.15) is 48.9 Å². The number of methoxy groups -OCH3 is 2. The summed E-state index contributed by atoms with van der Waals surface area (Å²) in [5.41, 5.74) is -0.940. The summed E-state index contributed by atoms with van der Waals surface area (Å²) >= 11 is 0. The lowest BCUT2D eigenvalue weighted by Crippen LogP contribution is -2.56. The van der Waals surface area contributed by atoms with E-state index in [2.05, 4.69) is 10.6 Å². The molecule has 1 fully saturated rings. The number of rotatable bonds is 7. The molecule has 0 atom stereocenters. The highest BCUT2D eigenvalue weighted by atomic mass is 16.5. The molecule has 8 nitrogen and oxygen atoms in total. The van der Waals surface area contributed by atoms with Gasteiger partial charge in [-0.1, -0.05) is 25.7 Å². The van der Waals surface area contributed by atoms with Gasteiger partial charge in [0, 0.05) is 5.56 Å². The first kappa shape index (κ1) is 20.5. The minimum absolute atomic E-state index is 0.303. The minimum atomic E-state index is -1.25. The van der Waals surface area contributed by atoms with E-state index in [4.69, 9.17) is 9.47 Å². The Morgan fingerprint density at radius 3 is 2.22 bits per heavy atom. The summed E-state index contributed by atoms with van der Waals surface area (Å²) in [7, 11) is 2.96. The second-order valence-corrected chi connectivity index (χ2v) is 6.60. The van der Waals surface area contributed by atoms with Crippen molar-refractivity contribution in [2.75, 3.05) is 20.8 Å². The molecule has 27 heavy (non-hydrogen) atoms. The predicted molar refractivity (Wildman–Crippen MR) is 98.1 cm³/mol. The zero-order valence-corrected chi connectivity index (χ0v) is 15.7. The second-order valence-electron chi connectivity index (χ2n) is 6.60. The number of hydrogen-bond donors (Lipinski definition) is 3. The average Bonchev–Trinajstić information content (AvgIpc) is 2.92. The molecule has 0 heterocycles. The van der Waals surface area contributed by atoms with Crippen LogP contribution in [0.5, 0.6) is 11.5 Å². The molecule has 1 saturated carbocycles. The topological polar surface area (TPSA) is 114 Å². The Kier molecular flexibility index (Phi) is 7.04. The summed E-state index contributed by atoms with van der Waals surface area (Å²) < 4.78 is 10.3. The van der Waals surface area contributed by atoms with E-state index in [9.17, 15) is 19.5 Å². The van der Waals surface area contributed by atoms with Crippen LogP contribution in [0, 0.1) is 0 Å². The van der Waals surface area contributed by atoms with Gasteiger partial charge in [-0.3, -0.25) is 9.59 Å². The van der Waals surface area contributed by atoms with E-state index in [1.54, 1.807) is 12.1 Å². The normalized spacial score (nSPS) is 15.9. The first-order chi connectivity index (χ1) is 12.9. The van der Waals surface area contributed by atoms with Crippen molar-refractivity contribution in [1.82, 2.24) is 10.6 Å². The Balaban J connectivity index is 1.98. The van der Waals surface area contributed by atoms with Crippen molar-refractivity contribution < 1.29 is 29.0 Å². The summed E-state index contributed by atoms with van der Waals surface area (Å²) in [5.74, 6) is -1.12. The maximum Gasteiger partial charge on any atom is 0.329 e. The van der Waals surface area contributed by atoms with Crippen molar-refractivity contribution in [1.29, 1.82) is 0 Å². The zero-order valence-electron chi connectivity index (χ0n) is 15.7. The van der Waals surface area contributed by atoms with Gasteiger partial charge in [0.2, 0.25) is 5.91 Å². The highest BCUT2D eigenvalue weighted by Gasteiger charge is 2.39. The van der Waals surface area contributed by atoms with Gasteiger partial charge in [0.25, 0.3) is 5.91 Å². The standard InChI is InChI=1S/C19H26N2O6/c1-26-14-8-7-13(11-15(14)27-2)17(23)20-12-16(22)21-19(18(24)25)9-5-3-4-6-10-19/h7-8,11H,3-6,9-10,12H2,1-2H3,(H,20,23)(H,21,22)(H,24,25). The third-order valence-electron chi connectivity index (χ3n) is 4.80. The van der Waals surface area contributed by atoms with E-state index in [0.717, 1.165) is 25.7 Å². The van der Waals surface area contributed by atoms with Crippen LogP contribution in [0.15, 0.2) is 18.2 Å². The minimum Gasteiger partial charge on any atom is -0.493 e. The lowest BCUT2D eigenvalue weighted by molar-refractivity contribution is -0.148. The molecule has 0 saturated heterocycles. The summed E-state index contributed by atoms with van der Waals surface area (Å²) in [6, 6.07) is 4.66. The van der Waals surface area contributed by atoms with E-state index in [0.29, 0.717) is 29.9 Å². The Bertz CT molecular complexity index is 695. The molecule has 1 aliphatic rings. The Morgan fingerprint density at radius 2 is 1.67 bits per heavy atom. The van der Waals surface area contributed by atoms with Gasteiger partial charge in [-0.25, -0.2) is 4.79 Å². The number of hydrogen-bond acceptors (Lipinski definition) is 5. The number of ether oxygens (including phenoxy) is 2. The third-order valence-corrected chi connectivity index (χ3v) is 4.80. The van der Waals surface area contributed by atoms with Crippen LogP contribution in [0.4, 0.5) is 0 Å². The van der Waals surface area contributed by atoms with Crippen LogP contribution >= 0.6 is 0 Å². The number of amides is 2. The van der Waals surface area contributed by atoms with Crippen LogP contribution in [0.3, 0.4) is 0 Å². The van der Waals surface area contributed by atoms with Crippen molar-refractivity contribution in [3.63, 3.8) is 0 Å². The number of carbonyl (C=O) groups is 3. The second kappa shape index (κ2) is 9.25. The summed E-state index contributed by atoms with van der Waals surface area (Å²) in [5, 5.41) is 14.7. The largest absolute Gasteiger partial charge is 0.493 e. The van der Waals surface area contributed by atoms with Gasteiger partial charge >= 0.3 is 5.97 Å². The molecule has 0 spiro atoms. The Labute approximate surface area is 158 Å². The molecule has 8 heteroatoms. The zero-order chi connectivity index (χ0) is 19.9. The lowest BCUT2D eigenvalue weighted by atomic mass is 9.90. The van der Waals surface area contributed by atoms with Crippen LogP contribution in [0.25, 0.3) is 0 Å². The molecule has 1 aromatic rings. The number of carboxylic acids is 1. The van der Waals surface area contributed by atoms with Crippen LogP contribution in [0.2, 0.25) is 0 Å². The molecular weight excluding hydrogens is 352 g/mol. The molecule has 1 aromatic carbocycles. The van der Waals surface area contributed by atoms with Crippen molar-refractivity contribution in [3.8, 4) is 11.5 Å². The predicted octanol–water partition coefficient (Wildman–Crippen LogP) is 1.73. The molecule has 0 unspecified atom stereocenters. The molecule has 2 amide bonds. The van der Waals surface area contributed by atoms with Crippen molar-refractivity contribution in [2.24, 2.45) is 0 Å². The Hall–Kier alpha value is -2.77. The fourth-order valence-corrected chi connectivity index (χ4v) is 3.28. The molecular formula is C19H26N2O6. The fraction of sp³-hybridized carbons (Fsp3) is 0.526. The van der Waals surface area contributed by atoms with Gasteiger partial charge in [0.15, 0.2) is 11.5 Å². The van der Waals surface area contributed by atoms with Gasteiger partial charge in [-0.2, -0.15) is 0 Å². The average molecular weight is 378 g/mol. The van der Waals surface area contributed by atoms with E-state index < -0.39 is 23.3 Å². The molecule has 2 rings (SSSR count). The number of nitrogens with one attached hydrogen (secondary N) is 2. The van der Waals surface area contributed by atoms with Crippen LogP contribution < -0.4 is 20.1 Å². The van der Waals surface area contributed by atoms with Crippen LogP contribution in [-0.4, -0.2) is 49.2 Å². The van der Waals surface area contributed by atoms with E-state index in [1.807, 2.05) is 0 Å². The number of carbonyl (C=O) groups excluding carboxylic acids is 2. The molecule has 0 radical (unpaired) electrons. The lowest BCUT2D eigenvalue weighted by Gasteiger charge is -2.29. The number of benzene rings is 1. The Morgan fingerprint density at radius 1 is 1.04 bits per heavy atom. The highest BCUT2D eigenvalue weighted by Crippen LogP contribution is 2.28. The van der Waals surface area contributed by atoms with Crippen molar-refractivity contribution in [3.05, 3.63) is 23.8 Å². The van der Waals surface area contributed by atoms with Gasteiger partial charge in [-0.15, -0.1) is 0 Å². The maximum absolute atomic E-state index is 12.3. The number of aliphatic carboxylic acids is 1. The summed E-state index contributed by atoms with van der Waals surface area (Å²) in [4.78, 5) is 36.3. The van der Waals surface area contributed by atoms with Gasteiger partial charge < -0.3 is 25.2 Å². The van der Waals surface area contributed by atoms with E-state index in [-0.39, 0.29) is 6.54 Å². The first-order valence-corrected chi connectivity index (χ1v) is 8.96. The molecule has 3 N–H and O–H groups in total. The molecule has 0 bridgehead atoms. The smallest absolute Gasteiger partial charge is 0.329 e. The molecule has 148 valence electrons. The number of carboxylic acid groups (broad SMARTS) is 1. The van der Waals surface area contributed by atoms with E-state index in [1.165, 1.54) is 20.3 Å². The molecule has 0 aliphatic heterocycles. The van der Waals surface area contributed by atoms with Gasteiger partial charge in [0.1, 0.15) is 5.54 Å². The maximum atomic E-state index is 12.3. The third kappa shape index (κ3) is 5.12. The highest BCUT2D eigenvalue weighted by molar-refractivity contribution is 5.97. The van der Waals surface area contributed by atoms with Crippen molar-refractivity contribution >= 4 is 17.8 Å². The van der Waals surface area contributed by atoms with Crippen molar-refractivity contribution in [2.45, 2.75) is 44.1 Å². The monoisotopic (exact) mass is 378 g/mol. The summed E-state index contributed by atoms with van der Waals surface area (Å²) in [6.07, 6.45) is 4.23. The first-order valence-electron chi connectivity index (χ1n) is 8.96. The van der Waals surface area contributed by atoms with Crippen LogP contribution in [-0.2, 0) is 9.59 Å². The van der Waals surface area contributed by atoms with Gasteiger partial charge in [0.05, 0.1) is 20.8 Å². The summed E-state index contributed by atoms with van der Waals surface area (Å²) in [6.45, 7) is -0.303. The van der Waals surface area contributed by atoms with E-state index >= 15 is 0 Å². The van der Waals surface area contributed by atoms with Gasteiger partial charge in [-0.05, 0) is 31.0 Å².